The van der Waals surface area contributed by atoms with E-state index in [1.807, 2.05) is 6.21 Å². The van der Waals surface area contributed by atoms with Crippen molar-refractivity contribution in [3.8, 4) is 0 Å². The summed E-state index contributed by atoms with van der Waals surface area (Å²) in [6, 6.07) is 13.5. The first-order valence-electron chi connectivity index (χ1n) is 8.55. The van der Waals surface area contributed by atoms with E-state index in [1.165, 1.54) is 21.9 Å². The molecule has 0 bridgehead atoms. The molecule has 0 amide bonds. The topological polar surface area (TPSA) is 40.0 Å². The van der Waals surface area contributed by atoms with E-state index in [9.17, 15) is 0 Å². The number of hydrogen-bond donors (Lipinski definition) is 0. The lowest BCUT2D eigenvalue weighted by atomic mass is 9.98. The van der Waals surface area contributed by atoms with Crippen molar-refractivity contribution < 1.29 is 13.3 Å². The molecule has 2 rings (SSSR count). The quantitative estimate of drug-likeness (QED) is 0.540. The predicted molar refractivity (Wildman–Crippen MR) is 107 cm³/mol. The van der Waals surface area contributed by atoms with Gasteiger partial charge in [-0.1, -0.05) is 36.4 Å². The highest BCUT2D eigenvalue weighted by Gasteiger charge is 2.37. The van der Waals surface area contributed by atoms with Gasteiger partial charge in [-0.25, -0.2) is 0 Å². The van der Waals surface area contributed by atoms with Crippen LogP contribution in [0.4, 0.5) is 0 Å². The van der Waals surface area contributed by atoms with Crippen LogP contribution in [0.1, 0.15) is 31.9 Å². The Balaban J connectivity index is 2.43. The van der Waals surface area contributed by atoms with Gasteiger partial charge in [0.2, 0.25) is 0 Å². The van der Waals surface area contributed by atoms with E-state index in [0.717, 1.165) is 12.5 Å². The first-order valence-corrected chi connectivity index (χ1v) is 10.5. The molecule has 0 aliphatic heterocycles. The highest BCUT2D eigenvalue weighted by molar-refractivity contribution is 6.60. The highest BCUT2D eigenvalue weighted by Crippen LogP contribution is 2.25. The van der Waals surface area contributed by atoms with Crippen LogP contribution < -0.4 is 0 Å². The van der Waals surface area contributed by atoms with E-state index < -0.39 is 8.80 Å². The van der Waals surface area contributed by atoms with Crippen LogP contribution in [0.3, 0.4) is 0 Å². The summed E-state index contributed by atoms with van der Waals surface area (Å²) < 4.78 is 16.7. The number of aliphatic imine (C=N–C) groups is 1. The predicted octanol–water partition coefficient (Wildman–Crippen LogP) is 4.48. The van der Waals surface area contributed by atoms with E-state index in [0.29, 0.717) is 0 Å². The molecule has 0 saturated carbocycles. The average Bonchev–Trinajstić information content (AvgIpc) is 2.61. The highest BCUT2D eigenvalue weighted by atomic mass is 28.4. The fourth-order valence-corrected chi connectivity index (χ4v) is 4.50. The molecule has 2 aromatic rings. The van der Waals surface area contributed by atoms with Crippen LogP contribution >= 0.6 is 0 Å². The molecule has 5 heteroatoms. The minimum Gasteiger partial charge on any atom is -0.377 e. The average molecular weight is 360 g/mol. The molecule has 0 radical (unpaired) electrons. The lowest BCUT2D eigenvalue weighted by molar-refractivity contribution is 0.123. The Hall–Kier alpha value is -1.53. The van der Waals surface area contributed by atoms with Crippen LogP contribution in [-0.2, 0) is 19.7 Å². The van der Waals surface area contributed by atoms with Crippen molar-refractivity contribution in [2.45, 2.75) is 38.8 Å². The van der Waals surface area contributed by atoms with Crippen LogP contribution in [0.25, 0.3) is 10.8 Å². The Kier molecular flexibility index (Phi) is 6.51. The molecule has 0 aliphatic rings. The van der Waals surface area contributed by atoms with Crippen molar-refractivity contribution in [2.24, 2.45) is 4.99 Å². The number of rotatable bonds is 7. The third kappa shape index (κ3) is 4.98. The maximum Gasteiger partial charge on any atom is 0.500 e. The summed E-state index contributed by atoms with van der Waals surface area (Å²) in [6.45, 7) is 6.31. The molecule has 0 fully saturated rings. The molecular formula is C20H29NO3Si. The van der Waals surface area contributed by atoms with Gasteiger partial charge in [0.05, 0.1) is 5.54 Å². The molecule has 0 unspecified atom stereocenters. The second-order valence-corrected chi connectivity index (χ2v) is 10.2. The summed E-state index contributed by atoms with van der Waals surface area (Å²) in [4.78, 5) is 4.74. The maximum absolute atomic E-state index is 5.56. The monoisotopic (exact) mass is 359 g/mol. The SMILES string of the molecule is CO[Si](CCc1ccc2ccccc2c1C=NC(C)(C)C)(OC)OC. The zero-order valence-electron chi connectivity index (χ0n) is 16.1. The zero-order chi connectivity index (χ0) is 18.5. The van der Waals surface area contributed by atoms with E-state index in [-0.39, 0.29) is 5.54 Å². The Morgan fingerprint density at radius 1 is 0.960 bits per heavy atom. The minimum atomic E-state index is -2.59. The molecule has 0 aliphatic carbocycles. The first kappa shape index (κ1) is 19.8. The molecule has 0 atom stereocenters. The second-order valence-electron chi connectivity index (χ2n) is 7.08. The number of hydrogen-bond acceptors (Lipinski definition) is 4. The third-order valence-electron chi connectivity index (χ3n) is 4.28. The van der Waals surface area contributed by atoms with Crippen molar-refractivity contribution in [3.63, 3.8) is 0 Å². The maximum atomic E-state index is 5.56. The Labute approximate surface area is 152 Å². The number of aryl methyl sites for hydroxylation is 1. The smallest absolute Gasteiger partial charge is 0.377 e. The summed E-state index contributed by atoms with van der Waals surface area (Å²) in [5.41, 5.74) is 2.28. The van der Waals surface area contributed by atoms with Crippen LogP contribution in [0.2, 0.25) is 6.04 Å². The van der Waals surface area contributed by atoms with Crippen molar-refractivity contribution in [1.82, 2.24) is 0 Å². The molecule has 136 valence electrons. The summed E-state index contributed by atoms with van der Waals surface area (Å²) in [7, 11) is 2.37. The minimum absolute atomic E-state index is 0.113. The lowest BCUT2D eigenvalue weighted by Crippen LogP contribution is -2.43. The molecule has 0 spiro atoms. The van der Waals surface area contributed by atoms with Gasteiger partial charge in [-0.15, -0.1) is 0 Å². The molecular weight excluding hydrogens is 330 g/mol. The molecule has 0 heterocycles. The number of fused-ring (bicyclic) bond motifs is 1. The van der Waals surface area contributed by atoms with E-state index >= 15 is 0 Å². The molecule has 0 saturated heterocycles. The Morgan fingerprint density at radius 2 is 1.60 bits per heavy atom. The van der Waals surface area contributed by atoms with E-state index in [2.05, 4.69) is 57.2 Å². The zero-order valence-corrected chi connectivity index (χ0v) is 17.1. The summed E-state index contributed by atoms with van der Waals surface area (Å²) >= 11 is 0. The molecule has 25 heavy (non-hydrogen) atoms. The first-order chi connectivity index (χ1) is 11.8. The van der Waals surface area contributed by atoms with Gasteiger partial charge in [-0.2, -0.15) is 0 Å². The Morgan fingerprint density at radius 3 is 2.20 bits per heavy atom. The summed E-state index contributed by atoms with van der Waals surface area (Å²) in [5, 5.41) is 2.43. The second kappa shape index (κ2) is 8.23. The molecule has 0 aromatic heterocycles. The summed E-state index contributed by atoms with van der Waals surface area (Å²) in [5.74, 6) is 0. The van der Waals surface area contributed by atoms with Crippen LogP contribution in [0.15, 0.2) is 41.4 Å². The van der Waals surface area contributed by atoms with Gasteiger partial charge >= 0.3 is 8.80 Å². The van der Waals surface area contributed by atoms with Crippen LogP contribution in [0.5, 0.6) is 0 Å². The van der Waals surface area contributed by atoms with Gasteiger partial charge in [0.15, 0.2) is 0 Å². The van der Waals surface area contributed by atoms with Crippen LogP contribution in [-0.4, -0.2) is 41.9 Å². The van der Waals surface area contributed by atoms with Gasteiger partial charge in [0.25, 0.3) is 0 Å². The van der Waals surface area contributed by atoms with Gasteiger partial charge in [0, 0.05) is 39.2 Å². The van der Waals surface area contributed by atoms with Crippen molar-refractivity contribution in [2.75, 3.05) is 21.3 Å². The van der Waals surface area contributed by atoms with Gasteiger partial charge in [-0.3, -0.25) is 4.99 Å². The van der Waals surface area contributed by atoms with Gasteiger partial charge in [0.1, 0.15) is 0 Å². The van der Waals surface area contributed by atoms with E-state index in [4.69, 9.17) is 18.3 Å². The van der Waals surface area contributed by atoms with Gasteiger partial charge in [-0.05, 0) is 43.5 Å². The van der Waals surface area contributed by atoms with Crippen molar-refractivity contribution >= 4 is 25.8 Å². The molecule has 4 nitrogen and oxygen atoms in total. The number of nitrogens with zero attached hydrogens (tertiary/aromatic N) is 1. The normalized spacial score (nSPS) is 13.0. The molecule has 0 N–H and O–H groups in total. The lowest BCUT2D eigenvalue weighted by Gasteiger charge is -2.24. The standard InChI is InChI=1S/C20H29NO3Si/c1-20(2,3)21-15-19-17(13-14-25(22-4,23-5)24-6)12-11-16-9-7-8-10-18(16)19/h7-12,15H,13-14H2,1-6H3. The molecule has 2 aromatic carbocycles. The van der Waals surface area contributed by atoms with Crippen LogP contribution in [0, 0.1) is 0 Å². The van der Waals surface area contributed by atoms with Crippen molar-refractivity contribution in [3.05, 3.63) is 47.5 Å². The Bertz CT molecular complexity index is 725. The van der Waals surface area contributed by atoms with Crippen molar-refractivity contribution in [1.29, 1.82) is 0 Å². The largest absolute Gasteiger partial charge is 0.500 e. The van der Waals surface area contributed by atoms with E-state index in [1.54, 1.807) is 21.3 Å². The third-order valence-corrected chi connectivity index (χ3v) is 7.00. The fraction of sp³-hybridized carbons (Fsp3) is 0.450. The van der Waals surface area contributed by atoms with Gasteiger partial charge < -0.3 is 13.3 Å². The fourth-order valence-electron chi connectivity index (χ4n) is 2.81. The number of benzene rings is 2. The summed E-state index contributed by atoms with van der Waals surface area (Å²) in [6.07, 6.45) is 2.82.